The number of aromatic nitrogens is 3. The van der Waals surface area contributed by atoms with Gasteiger partial charge < -0.3 is 4.74 Å². The number of hydrogen-bond acceptors (Lipinski definition) is 3. The van der Waals surface area contributed by atoms with Gasteiger partial charge in [0.25, 0.3) is 0 Å². The van der Waals surface area contributed by atoms with Crippen LogP contribution in [0.1, 0.15) is 16.8 Å². The van der Waals surface area contributed by atoms with Gasteiger partial charge in [0.05, 0.1) is 12.2 Å². The van der Waals surface area contributed by atoms with Crippen LogP contribution in [0, 0.1) is 6.92 Å². The first-order valence-electron chi connectivity index (χ1n) is 8.98. The summed E-state index contributed by atoms with van der Waals surface area (Å²) in [5, 5.41) is 4.65. The van der Waals surface area contributed by atoms with Crippen molar-refractivity contribution in [1.29, 1.82) is 0 Å². The van der Waals surface area contributed by atoms with E-state index in [-0.39, 0.29) is 0 Å². The molecule has 0 atom stereocenters. The van der Waals surface area contributed by atoms with E-state index in [1.54, 1.807) is 0 Å². The van der Waals surface area contributed by atoms with Crippen LogP contribution in [-0.2, 0) is 13.2 Å². The zero-order chi connectivity index (χ0) is 18.5. The SMILES string of the molecule is Cc1ccc(-c2ccn(Cc3ccc(OCc4ccccc4)cc3)n2)cn1. The smallest absolute Gasteiger partial charge is 0.119 e. The fourth-order valence-corrected chi connectivity index (χ4v) is 2.84. The minimum Gasteiger partial charge on any atom is -0.489 e. The standard InChI is InChI=1S/C23H21N3O/c1-18-7-10-21(15-24-18)23-13-14-26(25-23)16-19-8-11-22(12-9-19)27-17-20-5-3-2-4-6-20/h2-15H,16-17H2,1H3. The first-order chi connectivity index (χ1) is 13.3. The van der Waals surface area contributed by atoms with E-state index in [4.69, 9.17) is 4.74 Å². The number of ether oxygens (including phenoxy) is 1. The summed E-state index contributed by atoms with van der Waals surface area (Å²) in [6.45, 7) is 3.28. The van der Waals surface area contributed by atoms with E-state index in [0.717, 1.165) is 34.8 Å². The lowest BCUT2D eigenvalue weighted by atomic mass is 10.2. The third-order valence-electron chi connectivity index (χ3n) is 4.36. The zero-order valence-corrected chi connectivity index (χ0v) is 15.2. The van der Waals surface area contributed by atoms with Crippen molar-refractivity contribution < 1.29 is 4.74 Å². The van der Waals surface area contributed by atoms with Gasteiger partial charge in [0.15, 0.2) is 0 Å². The molecular formula is C23H21N3O. The van der Waals surface area contributed by atoms with Crippen LogP contribution in [0.3, 0.4) is 0 Å². The summed E-state index contributed by atoms with van der Waals surface area (Å²) in [5.74, 6) is 0.870. The molecule has 2 heterocycles. The van der Waals surface area contributed by atoms with Crippen molar-refractivity contribution >= 4 is 0 Å². The number of aryl methyl sites for hydroxylation is 1. The Morgan fingerprint density at radius 3 is 2.41 bits per heavy atom. The fourth-order valence-electron chi connectivity index (χ4n) is 2.84. The number of hydrogen-bond donors (Lipinski definition) is 0. The van der Waals surface area contributed by atoms with Gasteiger partial charge in [0.2, 0.25) is 0 Å². The first kappa shape index (κ1) is 17.0. The molecule has 4 rings (SSSR count). The van der Waals surface area contributed by atoms with Crippen LogP contribution in [0.2, 0.25) is 0 Å². The maximum Gasteiger partial charge on any atom is 0.119 e. The van der Waals surface area contributed by atoms with Crippen molar-refractivity contribution in [3.05, 3.63) is 102 Å². The second kappa shape index (κ2) is 7.87. The molecule has 0 aliphatic heterocycles. The molecule has 0 radical (unpaired) electrons. The topological polar surface area (TPSA) is 39.9 Å². The molecule has 0 fully saturated rings. The highest BCUT2D eigenvalue weighted by molar-refractivity contribution is 5.57. The molecule has 0 spiro atoms. The highest BCUT2D eigenvalue weighted by Gasteiger charge is 2.04. The zero-order valence-electron chi connectivity index (χ0n) is 15.2. The third kappa shape index (κ3) is 4.42. The lowest BCUT2D eigenvalue weighted by Gasteiger charge is -2.07. The van der Waals surface area contributed by atoms with Crippen LogP contribution in [-0.4, -0.2) is 14.8 Å². The monoisotopic (exact) mass is 355 g/mol. The Bertz CT molecular complexity index is 990. The summed E-state index contributed by atoms with van der Waals surface area (Å²) in [6.07, 6.45) is 3.86. The summed E-state index contributed by atoms with van der Waals surface area (Å²) >= 11 is 0. The summed E-state index contributed by atoms with van der Waals surface area (Å²) in [5.41, 5.74) is 5.32. The largest absolute Gasteiger partial charge is 0.489 e. The molecule has 0 saturated carbocycles. The molecule has 4 heteroatoms. The maximum absolute atomic E-state index is 5.84. The molecule has 4 nitrogen and oxygen atoms in total. The Morgan fingerprint density at radius 2 is 1.67 bits per heavy atom. The molecule has 27 heavy (non-hydrogen) atoms. The number of rotatable bonds is 6. The van der Waals surface area contributed by atoms with Gasteiger partial charge in [-0.3, -0.25) is 9.67 Å². The molecule has 0 aliphatic carbocycles. The quantitative estimate of drug-likeness (QED) is 0.495. The molecule has 0 bridgehead atoms. The van der Waals surface area contributed by atoms with Crippen LogP contribution in [0.5, 0.6) is 5.75 Å². The van der Waals surface area contributed by atoms with Crippen LogP contribution in [0.4, 0.5) is 0 Å². The molecule has 4 aromatic rings. The average molecular weight is 355 g/mol. The van der Waals surface area contributed by atoms with Gasteiger partial charge in [0.1, 0.15) is 12.4 Å². The molecule has 2 aromatic heterocycles. The Morgan fingerprint density at radius 1 is 0.852 bits per heavy atom. The van der Waals surface area contributed by atoms with Crippen molar-refractivity contribution in [2.45, 2.75) is 20.1 Å². The second-order valence-electron chi connectivity index (χ2n) is 6.51. The Balaban J connectivity index is 1.38. The lowest BCUT2D eigenvalue weighted by molar-refractivity contribution is 0.306. The lowest BCUT2D eigenvalue weighted by Crippen LogP contribution is -2.01. The molecule has 134 valence electrons. The molecule has 0 unspecified atom stereocenters. The normalized spacial score (nSPS) is 10.7. The summed E-state index contributed by atoms with van der Waals surface area (Å²) in [4.78, 5) is 4.33. The molecule has 0 N–H and O–H groups in total. The summed E-state index contributed by atoms with van der Waals surface area (Å²) < 4.78 is 7.78. The Hall–Kier alpha value is -3.40. The van der Waals surface area contributed by atoms with E-state index in [2.05, 4.69) is 34.3 Å². The minimum atomic E-state index is 0.577. The number of nitrogens with zero attached hydrogens (tertiary/aromatic N) is 3. The van der Waals surface area contributed by atoms with Gasteiger partial charge in [-0.25, -0.2) is 0 Å². The molecule has 2 aromatic carbocycles. The van der Waals surface area contributed by atoms with E-state index in [1.807, 2.05) is 72.5 Å². The van der Waals surface area contributed by atoms with Crippen molar-refractivity contribution in [2.24, 2.45) is 0 Å². The molecule has 0 aliphatic rings. The van der Waals surface area contributed by atoms with Crippen molar-refractivity contribution in [1.82, 2.24) is 14.8 Å². The molecule has 0 amide bonds. The van der Waals surface area contributed by atoms with E-state index >= 15 is 0 Å². The predicted molar refractivity (Wildman–Crippen MR) is 107 cm³/mol. The highest BCUT2D eigenvalue weighted by atomic mass is 16.5. The number of pyridine rings is 1. The van der Waals surface area contributed by atoms with Gasteiger partial charge in [-0.2, -0.15) is 5.10 Å². The Labute approximate surface area is 159 Å². The first-order valence-corrected chi connectivity index (χ1v) is 8.98. The molecular weight excluding hydrogens is 334 g/mol. The van der Waals surface area contributed by atoms with Crippen LogP contribution in [0.15, 0.2) is 85.2 Å². The van der Waals surface area contributed by atoms with E-state index in [9.17, 15) is 0 Å². The van der Waals surface area contributed by atoms with Gasteiger partial charge in [-0.05, 0) is 48.4 Å². The maximum atomic E-state index is 5.84. The summed E-state index contributed by atoms with van der Waals surface area (Å²) in [6, 6.07) is 24.4. The van der Waals surface area contributed by atoms with Gasteiger partial charge in [0, 0.05) is 23.7 Å². The second-order valence-corrected chi connectivity index (χ2v) is 6.51. The summed E-state index contributed by atoms with van der Waals surface area (Å²) in [7, 11) is 0. The predicted octanol–water partition coefficient (Wildman–Crippen LogP) is 4.88. The van der Waals surface area contributed by atoms with Gasteiger partial charge >= 0.3 is 0 Å². The third-order valence-corrected chi connectivity index (χ3v) is 4.36. The van der Waals surface area contributed by atoms with Crippen LogP contribution >= 0.6 is 0 Å². The van der Waals surface area contributed by atoms with Crippen LogP contribution < -0.4 is 4.74 Å². The van der Waals surface area contributed by atoms with Gasteiger partial charge in [-0.15, -0.1) is 0 Å². The van der Waals surface area contributed by atoms with Crippen molar-refractivity contribution in [3.8, 4) is 17.0 Å². The van der Waals surface area contributed by atoms with Crippen LogP contribution in [0.25, 0.3) is 11.3 Å². The molecule has 0 saturated heterocycles. The van der Waals surface area contributed by atoms with Crippen molar-refractivity contribution in [3.63, 3.8) is 0 Å². The minimum absolute atomic E-state index is 0.577. The average Bonchev–Trinajstić information content (AvgIpc) is 3.17. The van der Waals surface area contributed by atoms with E-state index in [1.165, 1.54) is 5.56 Å². The number of benzene rings is 2. The van der Waals surface area contributed by atoms with Gasteiger partial charge in [-0.1, -0.05) is 42.5 Å². The van der Waals surface area contributed by atoms with E-state index in [0.29, 0.717) is 6.61 Å². The highest BCUT2D eigenvalue weighted by Crippen LogP contribution is 2.18. The Kier molecular flexibility index (Phi) is 4.97. The van der Waals surface area contributed by atoms with Crippen molar-refractivity contribution in [2.75, 3.05) is 0 Å². The van der Waals surface area contributed by atoms with E-state index < -0.39 is 0 Å². The fraction of sp³-hybridized carbons (Fsp3) is 0.130.